The van der Waals surface area contributed by atoms with Gasteiger partial charge in [-0.05, 0) is 35.9 Å². The van der Waals surface area contributed by atoms with Crippen LogP contribution in [0.3, 0.4) is 0 Å². The fourth-order valence-corrected chi connectivity index (χ4v) is 5.57. The van der Waals surface area contributed by atoms with Crippen molar-refractivity contribution in [1.29, 1.82) is 0 Å². The molecule has 184 valence electrons. The van der Waals surface area contributed by atoms with E-state index in [4.69, 9.17) is 13.9 Å². The number of aliphatic hydroxyl groups excluding tert-OH is 1. The molecule has 6 rings (SSSR count). The average molecular weight is 513 g/mol. The lowest BCUT2D eigenvalue weighted by molar-refractivity contribution is -0.117. The average Bonchev–Trinajstić information content (AvgIpc) is 3.62. The monoisotopic (exact) mass is 512 g/mol. The summed E-state index contributed by atoms with van der Waals surface area (Å²) in [6.45, 7) is 0. The van der Waals surface area contributed by atoms with Crippen molar-refractivity contribution < 1.29 is 28.6 Å². The molecule has 0 fully saturated rings. The minimum atomic E-state index is -0.904. The Morgan fingerprint density at radius 2 is 1.84 bits per heavy atom. The van der Waals surface area contributed by atoms with Crippen LogP contribution in [0.2, 0.25) is 0 Å². The number of aliphatic hydroxyl groups is 1. The van der Waals surface area contributed by atoms with E-state index in [0.717, 1.165) is 4.70 Å². The van der Waals surface area contributed by atoms with Gasteiger partial charge in [0, 0.05) is 5.39 Å². The van der Waals surface area contributed by atoms with Crippen LogP contribution in [0.25, 0.3) is 21.2 Å². The number of rotatable bonds is 6. The van der Waals surface area contributed by atoms with E-state index in [1.807, 2.05) is 24.3 Å². The molecule has 0 saturated carbocycles. The van der Waals surface area contributed by atoms with Crippen molar-refractivity contribution in [3.63, 3.8) is 0 Å². The zero-order valence-electron chi connectivity index (χ0n) is 19.8. The quantitative estimate of drug-likeness (QED) is 0.285. The fraction of sp³-hybridized carbons (Fsp3) is 0.107. The van der Waals surface area contributed by atoms with Crippen LogP contribution in [0.5, 0.6) is 11.5 Å². The standard InChI is InChI=1S/C28H20N2O6S/c1-34-17-11-12-18-21(14-17)37-28(29-18)30-23(15-7-4-3-5-8-15)22(25(32)27(30)33)24(31)20-13-16-9-6-10-19(35-2)26(16)36-20/h3-14,23,32H,1-2H3. The molecule has 3 aromatic carbocycles. The first-order valence-corrected chi connectivity index (χ1v) is 12.2. The number of hydrogen-bond donors (Lipinski definition) is 1. The molecule has 37 heavy (non-hydrogen) atoms. The largest absolute Gasteiger partial charge is 0.503 e. The Kier molecular flexibility index (Phi) is 5.42. The Labute approximate surface area is 215 Å². The van der Waals surface area contributed by atoms with Crippen LogP contribution in [0.4, 0.5) is 5.13 Å². The van der Waals surface area contributed by atoms with E-state index >= 15 is 0 Å². The molecule has 8 nitrogen and oxygen atoms in total. The number of amides is 1. The molecule has 0 saturated heterocycles. The summed E-state index contributed by atoms with van der Waals surface area (Å²) in [5.41, 5.74) is 1.65. The summed E-state index contributed by atoms with van der Waals surface area (Å²) >= 11 is 1.27. The molecular weight excluding hydrogens is 492 g/mol. The molecule has 1 N–H and O–H groups in total. The first kappa shape index (κ1) is 22.8. The molecule has 0 spiro atoms. The highest BCUT2D eigenvalue weighted by Gasteiger charge is 2.46. The van der Waals surface area contributed by atoms with Gasteiger partial charge in [-0.3, -0.25) is 14.5 Å². The molecule has 5 aromatic rings. The van der Waals surface area contributed by atoms with Crippen molar-refractivity contribution in [2.24, 2.45) is 0 Å². The topological polar surface area (TPSA) is 102 Å². The van der Waals surface area contributed by atoms with E-state index in [9.17, 15) is 14.7 Å². The zero-order chi connectivity index (χ0) is 25.7. The van der Waals surface area contributed by atoms with E-state index in [-0.39, 0.29) is 11.3 Å². The van der Waals surface area contributed by atoms with Gasteiger partial charge in [0.2, 0.25) is 5.78 Å². The molecule has 0 radical (unpaired) electrons. The Bertz CT molecular complexity index is 1720. The van der Waals surface area contributed by atoms with E-state index < -0.39 is 23.5 Å². The summed E-state index contributed by atoms with van der Waals surface area (Å²) in [6.07, 6.45) is 0. The first-order chi connectivity index (χ1) is 18.0. The summed E-state index contributed by atoms with van der Waals surface area (Å²) in [7, 11) is 3.09. The maximum Gasteiger partial charge on any atom is 0.296 e. The number of benzene rings is 3. The van der Waals surface area contributed by atoms with E-state index in [0.29, 0.717) is 38.7 Å². The number of furan rings is 1. The second kappa shape index (κ2) is 8.79. The van der Waals surface area contributed by atoms with Gasteiger partial charge in [-0.25, -0.2) is 4.98 Å². The van der Waals surface area contributed by atoms with Crippen molar-refractivity contribution in [2.75, 3.05) is 19.1 Å². The molecule has 1 unspecified atom stereocenters. The smallest absolute Gasteiger partial charge is 0.296 e. The van der Waals surface area contributed by atoms with Crippen molar-refractivity contribution in [3.05, 3.63) is 95.5 Å². The number of para-hydroxylation sites is 1. The molecule has 1 aliphatic rings. The van der Waals surface area contributed by atoms with Crippen LogP contribution >= 0.6 is 11.3 Å². The van der Waals surface area contributed by atoms with Crippen LogP contribution in [0.15, 0.2) is 88.5 Å². The van der Waals surface area contributed by atoms with Gasteiger partial charge in [-0.2, -0.15) is 0 Å². The van der Waals surface area contributed by atoms with Gasteiger partial charge >= 0.3 is 0 Å². The minimum absolute atomic E-state index is 0.00864. The number of fused-ring (bicyclic) bond motifs is 2. The Morgan fingerprint density at radius 1 is 1.03 bits per heavy atom. The Hall–Kier alpha value is -4.63. The number of carbonyl (C=O) groups is 2. The normalized spacial score (nSPS) is 15.7. The van der Waals surface area contributed by atoms with Gasteiger partial charge in [0.15, 0.2) is 28.0 Å². The lowest BCUT2D eigenvalue weighted by Gasteiger charge is -2.24. The maximum atomic E-state index is 13.8. The van der Waals surface area contributed by atoms with Gasteiger partial charge in [0.05, 0.1) is 36.1 Å². The minimum Gasteiger partial charge on any atom is -0.503 e. The highest BCUT2D eigenvalue weighted by molar-refractivity contribution is 7.22. The molecule has 0 aliphatic carbocycles. The molecule has 1 amide bonds. The van der Waals surface area contributed by atoms with E-state index in [1.165, 1.54) is 23.3 Å². The van der Waals surface area contributed by atoms with Gasteiger partial charge in [0.25, 0.3) is 5.91 Å². The molecule has 9 heteroatoms. The second-order valence-electron chi connectivity index (χ2n) is 8.40. The summed E-state index contributed by atoms with van der Waals surface area (Å²) in [4.78, 5) is 33.3. The number of Topliss-reactive ketones (excluding diaryl/α,β-unsaturated/α-hetero) is 1. The van der Waals surface area contributed by atoms with Crippen LogP contribution < -0.4 is 14.4 Å². The third-order valence-corrected chi connectivity index (χ3v) is 7.33. The number of carbonyl (C=O) groups excluding carboxylic acids is 2. The number of nitrogens with zero attached hydrogens (tertiary/aromatic N) is 2. The number of ketones is 1. The predicted molar refractivity (Wildman–Crippen MR) is 140 cm³/mol. The van der Waals surface area contributed by atoms with E-state index in [1.54, 1.807) is 55.6 Å². The SMILES string of the molecule is COc1ccc2nc(N3C(=O)C(O)=C(C(=O)c4cc5cccc(OC)c5o4)C3c3ccccc3)sc2c1. The fourth-order valence-electron chi connectivity index (χ4n) is 4.55. The van der Waals surface area contributed by atoms with Crippen LogP contribution in [-0.2, 0) is 4.79 Å². The molecule has 3 heterocycles. The predicted octanol–water partition coefficient (Wildman–Crippen LogP) is 5.84. The lowest BCUT2D eigenvalue weighted by atomic mass is 9.95. The summed E-state index contributed by atoms with van der Waals surface area (Å²) in [5.74, 6) is -0.815. The number of hydrogen-bond acceptors (Lipinski definition) is 8. The van der Waals surface area contributed by atoms with Crippen LogP contribution in [0.1, 0.15) is 22.2 Å². The molecule has 2 aromatic heterocycles. The van der Waals surface area contributed by atoms with Crippen molar-refractivity contribution in [2.45, 2.75) is 6.04 Å². The summed E-state index contributed by atoms with van der Waals surface area (Å²) in [5, 5.41) is 12.1. The third kappa shape index (κ3) is 3.63. The highest BCUT2D eigenvalue weighted by Crippen LogP contribution is 2.45. The Morgan fingerprint density at radius 3 is 2.59 bits per heavy atom. The second-order valence-corrected chi connectivity index (χ2v) is 9.41. The maximum absolute atomic E-state index is 13.8. The van der Waals surface area contributed by atoms with Crippen LogP contribution in [0, 0.1) is 0 Å². The Balaban J connectivity index is 1.49. The highest BCUT2D eigenvalue weighted by atomic mass is 32.1. The molecule has 0 bridgehead atoms. The number of methoxy groups -OCH3 is 2. The number of aromatic nitrogens is 1. The molecule has 1 atom stereocenters. The van der Waals surface area contributed by atoms with Crippen LogP contribution in [-0.4, -0.2) is 36.0 Å². The van der Waals surface area contributed by atoms with Gasteiger partial charge < -0.3 is 19.0 Å². The molecular formula is C28H20N2O6S. The van der Waals surface area contributed by atoms with Gasteiger partial charge in [0.1, 0.15) is 5.75 Å². The number of anilines is 1. The zero-order valence-corrected chi connectivity index (χ0v) is 20.6. The summed E-state index contributed by atoms with van der Waals surface area (Å²) in [6, 6.07) is 20.5. The van der Waals surface area contributed by atoms with Gasteiger partial charge in [-0.15, -0.1) is 0 Å². The van der Waals surface area contributed by atoms with Crippen molar-refractivity contribution in [1.82, 2.24) is 4.98 Å². The lowest BCUT2D eigenvalue weighted by Crippen LogP contribution is -2.30. The van der Waals surface area contributed by atoms with Crippen molar-refractivity contribution >= 4 is 49.3 Å². The number of thiazole rings is 1. The third-order valence-electron chi connectivity index (χ3n) is 6.31. The summed E-state index contributed by atoms with van der Waals surface area (Å²) < 4.78 is 17.3. The molecule has 1 aliphatic heterocycles. The van der Waals surface area contributed by atoms with Gasteiger partial charge in [-0.1, -0.05) is 53.8 Å². The first-order valence-electron chi connectivity index (χ1n) is 11.4. The number of ether oxygens (including phenoxy) is 2. The van der Waals surface area contributed by atoms with Crippen molar-refractivity contribution in [3.8, 4) is 11.5 Å². The van der Waals surface area contributed by atoms with E-state index in [2.05, 4.69) is 4.98 Å².